The molecule has 2 N–H and O–H groups in total. The van der Waals surface area contributed by atoms with Crippen LogP contribution in [0.2, 0.25) is 0 Å². The first-order chi connectivity index (χ1) is 8.65. The highest BCUT2D eigenvalue weighted by atomic mass is 32.1. The molecule has 0 saturated carbocycles. The minimum Gasteiger partial charge on any atom is -0.375 e. The van der Waals surface area contributed by atoms with Crippen LogP contribution in [0.4, 0.5) is 5.13 Å². The van der Waals surface area contributed by atoms with Crippen molar-refractivity contribution < 1.29 is 4.79 Å². The minimum absolute atomic E-state index is 0.0665. The molecular formula is C13H13N3OS. The lowest BCUT2D eigenvalue weighted by Crippen LogP contribution is -2.26. The van der Waals surface area contributed by atoms with Gasteiger partial charge in [-0.2, -0.15) is 0 Å². The molecule has 4 nitrogen and oxygen atoms in total. The lowest BCUT2D eigenvalue weighted by atomic mass is 10.1. The summed E-state index contributed by atoms with van der Waals surface area (Å²) in [6, 6.07) is 7.65. The Labute approximate surface area is 109 Å². The molecule has 1 aromatic heterocycles. The fourth-order valence-corrected chi connectivity index (χ4v) is 3.04. The Hall–Kier alpha value is -1.88. The van der Waals surface area contributed by atoms with E-state index >= 15 is 0 Å². The summed E-state index contributed by atoms with van der Waals surface area (Å²) in [7, 11) is 0. The number of nitrogen functional groups attached to an aromatic ring is 1. The summed E-state index contributed by atoms with van der Waals surface area (Å²) >= 11 is 1.47. The molecule has 1 amide bonds. The molecule has 92 valence electrons. The van der Waals surface area contributed by atoms with Gasteiger partial charge in [-0.1, -0.05) is 18.2 Å². The van der Waals surface area contributed by atoms with Crippen molar-refractivity contribution in [3.63, 3.8) is 0 Å². The van der Waals surface area contributed by atoms with Gasteiger partial charge in [0.05, 0.1) is 23.7 Å². The Morgan fingerprint density at radius 2 is 2.17 bits per heavy atom. The van der Waals surface area contributed by atoms with E-state index in [1.54, 1.807) is 0 Å². The third-order valence-corrected chi connectivity index (χ3v) is 4.04. The summed E-state index contributed by atoms with van der Waals surface area (Å²) in [4.78, 5) is 19.6. The quantitative estimate of drug-likeness (QED) is 0.854. The van der Waals surface area contributed by atoms with Crippen LogP contribution in [0.5, 0.6) is 0 Å². The maximum atomic E-state index is 12.4. The molecule has 1 aliphatic heterocycles. The Morgan fingerprint density at radius 1 is 1.39 bits per heavy atom. The number of rotatable bonds is 1. The minimum atomic E-state index is 0.0665. The van der Waals surface area contributed by atoms with Crippen LogP contribution in [-0.2, 0) is 13.1 Å². The van der Waals surface area contributed by atoms with Crippen molar-refractivity contribution in [2.45, 2.75) is 20.0 Å². The second-order valence-corrected chi connectivity index (χ2v) is 5.51. The van der Waals surface area contributed by atoms with Gasteiger partial charge in [0.25, 0.3) is 5.91 Å². The number of nitrogens with two attached hydrogens (primary N) is 1. The number of amides is 1. The number of aryl methyl sites for hydroxylation is 1. The Bertz CT molecular complexity index is 597. The summed E-state index contributed by atoms with van der Waals surface area (Å²) in [6.45, 7) is 3.14. The average molecular weight is 259 g/mol. The van der Waals surface area contributed by atoms with Crippen molar-refractivity contribution in [3.05, 3.63) is 46.0 Å². The van der Waals surface area contributed by atoms with Gasteiger partial charge in [-0.3, -0.25) is 4.79 Å². The summed E-state index contributed by atoms with van der Waals surface area (Å²) in [5.74, 6) is 0.0665. The SMILES string of the molecule is Cc1ccccc1C(=O)N1Cc2nc(N)sc2C1. The highest BCUT2D eigenvalue weighted by Crippen LogP contribution is 2.30. The lowest BCUT2D eigenvalue weighted by Gasteiger charge is -2.16. The normalized spacial score (nSPS) is 13.7. The lowest BCUT2D eigenvalue weighted by molar-refractivity contribution is 0.0750. The Balaban J connectivity index is 1.84. The van der Waals surface area contributed by atoms with Crippen LogP contribution in [-0.4, -0.2) is 15.8 Å². The molecule has 1 aromatic carbocycles. The summed E-state index contributed by atoms with van der Waals surface area (Å²) < 4.78 is 0. The molecule has 2 aromatic rings. The van der Waals surface area contributed by atoms with E-state index < -0.39 is 0 Å². The summed E-state index contributed by atoms with van der Waals surface area (Å²) in [5, 5.41) is 0.586. The number of thiazole rings is 1. The molecule has 0 fully saturated rings. The van der Waals surface area contributed by atoms with Crippen LogP contribution in [0.1, 0.15) is 26.5 Å². The molecule has 2 heterocycles. The van der Waals surface area contributed by atoms with Crippen LogP contribution >= 0.6 is 11.3 Å². The number of benzene rings is 1. The van der Waals surface area contributed by atoms with Crippen molar-refractivity contribution in [1.29, 1.82) is 0 Å². The first-order valence-electron chi connectivity index (χ1n) is 5.74. The fraction of sp³-hybridized carbons (Fsp3) is 0.231. The predicted molar refractivity (Wildman–Crippen MR) is 71.3 cm³/mol. The van der Waals surface area contributed by atoms with Gasteiger partial charge in [0.1, 0.15) is 0 Å². The van der Waals surface area contributed by atoms with Gasteiger partial charge in [0, 0.05) is 5.56 Å². The van der Waals surface area contributed by atoms with Gasteiger partial charge in [-0.05, 0) is 18.6 Å². The smallest absolute Gasteiger partial charge is 0.254 e. The van der Waals surface area contributed by atoms with E-state index in [4.69, 9.17) is 5.73 Å². The molecule has 0 radical (unpaired) electrons. The van der Waals surface area contributed by atoms with Gasteiger partial charge < -0.3 is 10.6 Å². The van der Waals surface area contributed by atoms with Crippen molar-refractivity contribution in [1.82, 2.24) is 9.88 Å². The highest BCUT2D eigenvalue weighted by Gasteiger charge is 2.27. The molecule has 0 spiro atoms. The zero-order valence-corrected chi connectivity index (χ0v) is 10.8. The van der Waals surface area contributed by atoms with Crippen LogP contribution in [0.15, 0.2) is 24.3 Å². The van der Waals surface area contributed by atoms with Crippen molar-refractivity contribution in [3.8, 4) is 0 Å². The number of hydrogen-bond donors (Lipinski definition) is 1. The van der Waals surface area contributed by atoms with E-state index in [1.165, 1.54) is 11.3 Å². The van der Waals surface area contributed by atoms with Crippen LogP contribution in [0.25, 0.3) is 0 Å². The van der Waals surface area contributed by atoms with E-state index in [1.807, 2.05) is 36.1 Å². The van der Waals surface area contributed by atoms with E-state index in [2.05, 4.69) is 4.98 Å². The Kier molecular flexibility index (Phi) is 2.56. The van der Waals surface area contributed by atoms with Gasteiger partial charge in [0.2, 0.25) is 0 Å². The van der Waals surface area contributed by atoms with Gasteiger partial charge in [-0.15, -0.1) is 11.3 Å². The predicted octanol–water partition coefficient (Wildman–Crippen LogP) is 2.19. The topological polar surface area (TPSA) is 59.2 Å². The molecule has 0 aliphatic carbocycles. The first kappa shape index (κ1) is 11.2. The molecule has 0 bridgehead atoms. The van der Waals surface area contributed by atoms with Crippen LogP contribution < -0.4 is 5.73 Å². The highest BCUT2D eigenvalue weighted by molar-refractivity contribution is 7.15. The monoisotopic (exact) mass is 259 g/mol. The van der Waals surface area contributed by atoms with Gasteiger partial charge in [-0.25, -0.2) is 4.98 Å². The average Bonchev–Trinajstić information content (AvgIpc) is 2.85. The van der Waals surface area contributed by atoms with Crippen LogP contribution in [0.3, 0.4) is 0 Å². The zero-order chi connectivity index (χ0) is 12.7. The molecule has 1 aliphatic rings. The van der Waals surface area contributed by atoms with Crippen LogP contribution in [0, 0.1) is 6.92 Å². The molecular weight excluding hydrogens is 246 g/mol. The first-order valence-corrected chi connectivity index (χ1v) is 6.56. The molecule has 5 heteroatoms. The maximum absolute atomic E-state index is 12.4. The number of anilines is 1. The largest absolute Gasteiger partial charge is 0.375 e. The van der Waals surface area contributed by atoms with Gasteiger partial charge in [0.15, 0.2) is 5.13 Å². The van der Waals surface area contributed by atoms with E-state index in [9.17, 15) is 4.79 Å². The molecule has 0 saturated heterocycles. The number of fused-ring (bicyclic) bond motifs is 1. The number of aromatic nitrogens is 1. The molecule has 3 rings (SSSR count). The third kappa shape index (κ3) is 1.76. The molecule has 18 heavy (non-hydrogen) atoms. The maximum Gasteiger partial charge on any atom is 0.254 e. The zero-order valence-electron chi connectivity index (χ0n) is 10.0. The van der Waals surface area contributed by atoms with Crippen molar-refractivity contribution in [2.75, 3.05) is 5.73 Å². The number of carbonyl (C=O) groups is 1. The standard InChI is InChI=1S/C13H13N3OS/c1-8-4-2-3-5-9(8)12(17)16-6-10-11(7-16)18-13(14)15-10/h2-5H,6-7H2,1H3,(H2,14,15). The van der Waals surface area contributed by atoms with Gasteiger partial charge >= 0.3 is 0 Å². The summed E-state index contributed by atoms with van der Waals surface area (Å²) in [6.07, 6.45) is 0. The molecule has 0 atom stereocenters. The number of carbonyl (C=O) groups excluding carboxylic acids is 1. The second kappa shape index (κ2) is 4.10. The summed E-state index contributed by atoms with van der Waals surface area (Å²) in [5.41, 5.74) is 8.36. The second-order valence-electron chi connectivity index (χ2n) is 4.40. The van der Waals surface area contributed by atoms with E-state index in [0.29, 0.717) is 18.2 Å². The van der Waals surface area contributed by atoms with E-state index in [-0.39, 0.29) is 5.91 Å². The van der Waals surface area contributed by atoms with Crippen molar-refractivity contribution in [2.24, 2.45) is 0 Å². The van der Waals surface area contributed by atoms with Crippen molar-refractivity contribution >= 4 is 22.4 Å². The molecule has 0 unspecified atom stereocenters. The Morgan fingerprint density at radius 3 is 2.89 bits per heavy atom. The third-order valence-electron chi connectivity index (χ3n) is 3.13. The fourth-order valence-electron chi connectivity index (χ4n) is 2.19. The number of hydrogen-bond acceptors (Lipinski definition) is 4. The number of nitrogens with zero attached hydrogens (tertiary/aromatic N) is 2. The van der Waals surface area contributed by atoms with E-state index in [0.717, 1.165) is 21.7 Å².